The Bertz CT molecular complexity index is 1130. The standard InChI is InChI=1S/C21H21Cl3N2O3S/c1-21(4-2-5-21)13-8-14(22)10-15(9-13)25-20(27)17-11-16(12-18(23)19(17)24)26-6-3-7-30(26,28)29/h8-12H,2-7H2,1H3,(H,25,27). The van der Waals surface area contributed by atoms with Gasteiger partial charge >= 0.3 is 0 Å². The van der Waals surface area contributed by atoms with Gasteiger partial charge in [0, 0.05) is 17.3 Å². The zero-order valence-corrected chi connectivity index (χ0v) is 19.4. The number of carbonyl (C=O) groups is 1. The number of anilines is 2. The van der Waals surface area contributed by atoms with Crippen molar-refractivity contribution in [2.24, 2.45) is 0 Å². The Labute approximate surface area is 191 Å². The van der Waals surface area contributed by atoms with Gasteiger partial charge in [0.15, 0.2) is 0 Å². The van der Waals surface area contributed by atoms with Gasteiger partial charge in [-0.25, -0.2) is 8.42 Å². The molecule has 9 heteroatoms. The molecule has 1 aliphatic heterocycles. The average molecular weight is 488 g/mol. The number of nitrogens with one attached hydrogen (secondary N) is 1. The minimum Gasteiger partial charge on any atom is -0.322 e. The molecule has 4 rings (SSSR count). The molecule has 1 aliphatic carbocycles. The molecule has 2 aromatic carbocycles. The molecule has 2 aliphatic rings. The third-order valence-electron chi connectivity index (χ3n) is 5.95. The van der Waals surface area contributed by atoms with Gasteiger partial charge in [-0.1, -0.05) is 48.1 Å². The van der Waals surface area contributed by atoms with Gasteiger partial charge in [0.25, 0.3) is 5.91 Å². The highest BCUT2D eigenvalue weighted by Gasteiger charge is 2.34. The first-order chi connectivity index (χ1) is 14.1. The first-order valence-corrected chi connectivity index (χ1v) is 12.5. The highest BCUT2D eigenvalue weighted by atomic mass is 35.5. The molecule has 0 radical (unpaired) electrons. The number of carbonyl (C=O) groups excluding carboxylic acids is 1. The van der Waals surface area contributed by atoms with Crippen molar-refractivity contribution in [1.29, 1.82) is 0 Å². The molecule has 0 atom stereocenters. The fourth-order valence-electron chi connectivity index (χ4n) is 4.02. The van der Waals surface area contributed by atoms with E-state index in [1.165, 1.54) is 22.9 Å². The van der Waals surface area contributed by atoms with E-state index in [4.69, 9.17) is 34.8 Å². The van der Waals surface area contributed by atoms with Crippen molar-refractivity contribution in [1.82, 2.24) is 0 Å². The summed E-state index contributed by atoms with van der Waals surface area (Å²) in [7, 11) is -3.41. The summed E-state index contributed by atoms with van der Waals surface area (Å²) in [4.78, 5) is 13.0. The van der Waals surface area contributed by atoms with Crippen LogP contribution in [0.2, 0.25) is 15.1 Å². The Morgan fingerprint density at radius 2 is 1.80 bits per heavy atom. The van der Waals surface area contributed by atoms with Crippen LogP contribution >= 0.6 is 34.8 Å². The van der Waals surface area contributed by atoms with Crippen molar-refractivity contribution >= 4 is 62.1 Å². The predicted octanol–water partition coefficient (Wildman–Crippen LogP) is 5.88. The van der Waals surface area contributed by atoms with Gasteiger partial charge in [0.1, 0.15) is 0 Å². The summed E-state index contributed by atoms with van der Waals surface area (Å²) in [5.74, 6) is -0.411. The Hall–Kier alpha value is -1.47. The smallest absolute Gasteiger partial charge is 0.257 e. The number of amides is 1. The van der Waals surface area contributed by atoms with Crippen LogP contribution in [-0.2, 0) is 15.4 Å². The summed E-state index contributed by atoms with van der Waals surface area (Å²) in [6.07, 6.45) is 3.85. The Morgan fingerprint density at radius 3 is 2.40 bits per heavy atom. The maximum absolute atomic E-state index is 13.0. The van der Waals surface area contributed by atoms with E-state index in [-0.39, 0.29) is 26.8 Å². The largest absolute Gasteiger partial charge is 0.322 e. The second kappa shape index (κ2) is 7.90. The summed E-state index contributed by atoms with van der Waals surface area (Å²) in [5, 5.41) is 3.56. The van der Waals surface area contributed by atoms with E-state index in [2.05, 4.69) is 12.2 Å². The summed E-state index contributed by atoms with van der Waals surface area (Å²) < 4.78 is 25.8. The van der Waals surface area contributed by atoms with E-state index < -0.39 is 15.9 Å². The third kappa shape index (κ3) is 4.03. The van der Waals surface area contributed by atoms with Crippen molar-refractivity contribution in [3.8, 4) is 0 Å². The van der Waals surface area contributed by atoms with Crippen LogP contribution < -0.4 is 9.62 Å². The Kier molecular flexibility index (Phi) is 5.73. The van der Waals surface area contributed by atoms with E-state index in [1.54, 1.807) is 6.07 Å². The molecule has 1 saturated heterocycles. The number of rotatable bonds is 4. The Morgan fingerprint density at radius 1 is 1.07 bits per heavy atom. The quantitative estimate of drug-likeness (QED) is 0.585. The lowest BCUT2D eigenvalue weighted by Crippen LogP contribution is -2.30. The highest BCUT2D eigenvalue weighted by molar-refractivity contribution is 7.93. The van der Waals surface area contributed by atoms with Gasteiger partial charge in [-0.15, -0.1) is 0 Å². The van der Waals surface area contributed by atoms with Crippen LogP contribution in [0.1, 0.15) is 48.5 Å². The predicted molar refractivity (Wildman–Crippen MR) is 123 cm³/mol. The third-order valence-corrected chi connectivity index (χ3v) is 8.84. The Balaban J connectivity index is 1.66. The van der Waals surface area contributed by atoms with Crippen LogP contribution in [0.3, 0.4) is 0 Å². The molecule has 1 amide bonds. The van der Waals surface area contributed by atoms with Crippen LogP contribution in [0.5, 0.6) is 0 Å². The molecule has 2 aromatic rings. The van der Waals surface area contributed by atoms with Gasteiger partial charge in [-0.2, -0.15) is 0 Å². The molecule has 160 valence electrons. The molecule has 0 bridgehead atoms. The molecule has 2 fully saturated rings. The van der Waals surface area contributed by atoms with E-state index in [0.717, 1.165) is 18.4 Å². The van der Waals surface area contributed by atoms with Gasteiger partial charge < -0.3 is 5.32 Å². The molecule has 1 saturated carbocycles. The molecule has 30 heavy (non-hydrogen) atoms. The highest BCUT2D eigenvalue weighted by Crippen LogP contribution is 2.44. The zero-order valence-electron chi connectivity index (χ0n) is 16.3. The molecule has 0 unspecified atom stereocenters. The number of hydrogen-bond donors (Lipinski definition) is 1. The second-order valence-corrected chi connectivity index (χ2v) is 11.4. The normalized spacial score (nSPS) is 19.4. The molecular weight excluding hydrogens is 467 g/mol. The molecule has 0 aromatic heterocycles. The average Bonchev–Trinajstić information content (AvgIpc) is 3.00. The van der Waals surface area contributed by atoms with E-state index in [0.29, 0.717) is 29.4 Å². The molecule has 0 spiro atoms. The minimum atomic E-state index is -3.41. The zero-order chi connectivity index (χ0) is 21.7. The van der Waals surface area contributed by atoms with Crippen molar-refractivity contribution < 1.29 is 13.2 Å². The van der Waals surface area contributed by atoms with E-state index in [9.17, 15) is 13.2 Å². The van der Waals surface area contributed by atoms with Crippen molar-refractivity contribution in [2.75, 3.05) is 21.9 Å². The molecular formula is C21H21Cl3N2O3S. The number of benzene rings is 2. The monoisotopic (exact) mass is 486 g/mol. The molecule has 1 heterocycles. The second-order valence-electron chi connectivity index (χ2n) is 8.13. The maximum Gasteiger partial charge on any atom is 0.257 e. The van der Waals surface area contributed by atoms with Crippen molar-refractivity contribution in [2.45, 2.75) is 38.0 Å². The van der Waals surface area contributed by atoms with Crippen molar-refractivity contribution in [3.63, 3.8) is 0 Å². The first kappa shape index (κ1) is 21.8. The van der Waals surface area contributed by atoms with Crippen molar-refractivity contribution in [3.05, 3.63) is 56.5 Å². The fourth-order valence-corrected chi connectivity index (χ4v) is 6.21. The van der Waals surface area contributed by atoms with Crippen LogP contribution in [0, 0.1) is 0 Å². The van der Waals surface area contributed by atoms with Crippen LogP contribution in [0.4, 0.5) is 11.4 Å². The SMILES string of the molecule is CC1(c2cc(Cl)cc(NC(=O)c3cc(N4CCCS4(=O)=O)cc(Cl)c3Cl)c2)CCC1. The lowest BCUT2D eigenvalue weighted by molar-refractivity contribution is 0.102. The lowest BCUT2D eigenvalue weighted by atomic mass is 9.66. The topological polar surface area (TPSA) is 66.5 Å². The van der Waals surface area contributed by atoms with Crippen LogP contribution in [-0.4, -0.2) is 26.6 Å². The van der Waals surface area contributed by atoms with Crippen LogP contribution in [0.25, 0.3) is 0 Å². The van der Waals surface area contributed by atoms with E-state index in [1.807, 2.05) is 12.1 Å². The molecule has 5 nitrogen and oxygen atoms in total. The van der Waals surface area contributed by atoms with Gasteiger partial charge in [0.05, 0.1) is 27.0 Å². The summed E-state index contributed by atoms with van der Waals surface area (Å²) in [6, 6.07) is 8.46. The number of nitrogens with zero attached hydrogens (tertiary/aromatic N) is 1. The minimum absolute atomic E-state index is 0.0648. The summed E-state index contributed by atoms with van der Waals surface area (Å²) >= 11 is 18.8. The molecule has 1 N–H and O–H groups in total. The summed E-state index contributed by atoms with van der Waals surface area (Å²) in [5.41, 5.74) is 2.15. The number of hydrogen-bond acceptors (Lipinski definition) is 3. The number of sulfonamides is 1. The number of halogens is 3. The summed E-state index contributed by atoms with van der Waals surface area (Å²) in [6.45, 7) is 2.53. The van der Waals surface area contributed by atoms with E-state index >= 15 is 0 Å². The lowest BCUT2D eigenvalue weighted by Gasteiger charge is -2.39. The fraction of sp³-hybridized carbons (Fsp3) is 0.381. The van der Waals surface area contributed by atoms with Crippen LogP contribution in [0.15, 0.2) is 30.3 Å². The van der Waals surface area contributed by atoms with Gasteiger partial charge in [-0.3, -0.25) is 9.10 Å². The first-order valence-electron chi connectivity index (χ1n) is 9.71. The van der Waals surface area contributed by atoms with Gasteiger partial charge in [-0.05, 0) is 60.6 Å². The maximum atomic E-state index is 13.0. The van der Waals surface area contributed by atoms with Gasteiger partial charge in [0.2, 0.25) is 10.0 Å².